The van der Waals surface area contributed by atoms with E-state index in [1.54, 1.807) is 6.07 Å². The minimum Gasteiger partial charge on any atom is -0.504 e. The average molecular weight is 175 g/mol. The molecule has 1 aromatic rings. The van der Waals surface area contributed by atoms with Crippen molar-refractivity contribution in [1.29, 1.82) is 0 Å². The van der Waals surface area contributed by atoms with Gasteiger partial charge in [0, 0.05) is 0 Å². The summed E-state index contributed by atoms with van der Waals surface area (Å²) in [6.45, 7) is 1.89. The Balaban J connectivity index is 3.21. The summed E-state index contributed by atoms with van der Waals surface area (Å²) >= 11 is 5.51. The van der Waals surface area contributed by atoms with Crippen LogP contribution in [0.4, 0.5) is 4.39 Å². The van der Waals surface area contributed by atoms with Gasteiger partial charge in [0.15, 0.2) is 11.6 Å². The van der Waals surface area contributed by atoms with E-state index in [1.165, 1.54) is 6.07 Å². The second kappa shape index (κ2) is 3.09. The number of halogens is 2. The number of benzene rings is 1. The van der Waals surface area contributed by atoms with Crippen molar-refractivity contribution in [3.63, 3.8) is 0 Å². The Labute approximate surface area is 69.4 Å². The van der Waals surface area contributed by atoms with E-state index in [4.69, 9.17) is 16.7 Å². The number of rotatable bonds is 1. The number of phenolic OH excluding ortho intramolecular Hbond substituents is 1. The van der Waals surface area contributed by atoms with Gasteiger partial charge >= 0.3 is 0 Å². The van der Waals surface area contributed by atoms with Crippen LogP contribution in [0, 0.1) is 5.82 Å². The second-order valence-corrected chi connectivity index (χ2v) is 2.67. The molecule has 0 unspecified atom stereocenters. The van der Waals surface area contributed by atoms with Crippen molar-refractivity contribution < 1.29 is 9.50 Å². The van der Waals surface area contributed by atoms with Gasteiger partial charge in [-0.25, -0.2) is 4.39 Å². The zero-order valence-corrected chi connectivity index (χ0v) is 6.82. The van der Waals surface area contributed by atoms with Crippen LogP contribution in [-0.4, -0.2) is 5.11 Å². The molecule has 0 saturated heterocycles. The second-order valence-electron chi connectivity index (χ2n) is 2.26. The Morgan fingerprint density at radius 1 is 1.55 bits per heavy atom. The third-order valence-corrected chi connectivity index (χ3v) is 1.77. The zero-order valence-electron chi connectivity index (χ0n) is 6.06. The highest BCUT2D eigenvalue weighted by Crippen LogP contribution is 2.27. The molecule has 0 heterocycles. The predicted molar refractivity (Wildman–Crippen MR) is 42.5 cm³/mol. The molecule has 0 aliphatic rings. The van der Waals surface area contributed by atoms with Crippen LogP contribution < -0.4 is 0 Å². The molecule has 3 heteroatoms. The summed E-state index contributed by atoms with van der Waals surface area (Å²) in [6.07, 6.45) is 0.705. The first-order chi connectivity index (χ1) is 5.15. The molecule has 0 radical (unpaired) electrons. The van der Waals surface area contributed by atoms with Gasteiger partial charge in [0.25, 0.3) is 0 Å². The summed E-state index contributed by atoms with van der Waals surface area (Å²) in [5, 5.41) is 8.99. The molecule has 1 rings (SSSR count). The van der Waals surface area contributed by atoms with Crippen LogP contribution in [0.25, 0.3) is 0 Å². The molecule has 1 N–H and O–H groups in total. The molecule has 60 valence electrons. The third-order valence-electron chi connectivity index (χ3n) is 1.48. The summed E-state index contributed by atoms with van der Waals surface area (Å²) in [4.78, 5) is 0. The van der Waals surface area contributed by atoms with Crippen LogP contribution in [0.3, 0.4) is 0 Å². The molecule has 0 spiro atoms. The molecule has 0 aromatic heterocycles. The maximum Gasteiger partial charge on any atom is 0.170 e. The lowest BCUT2D eigenvalue weighted by atomic mass is 10.1. The maximum absolute atomic E-state index is 12.7. The third kappa shape index (κ3) is 1.63. The van der Waals surface area contributed by atoms with E-state index in [2.05, 4.69) is 0 Å². The van der Waals surface area contributed by atoms with Crippen LogP contribution >= 0.6 is 11.6 Å². The van der Waals surface area contributed by atoms with E-state index >= 15 is 0 Å². The van der Waals surface area contributed by atoms with Crippen molar-refractivity contribution in [2.24, 2.45) is 0 Å². The number of aryl methyl sites for hydroxylation is 1. The fraction of sp³-hybridized carbons (Fsp3) is 0.250. The Morgan fingerprint density at radius 2 is 2.18 bits per heavy atom. The largest absolute Gasteiger partial charge is 0.504 e. The molecular formula is C8H8ClFO. The normalized spacial score (nSPS) is 10.1. The molecule has 0 fully saturated rings. The van der Waals surface area contributed by atoms with E-state index in [9.17, 15) is 4.39 Å². The van der Waals surface area contributed by atoms with Crippen molar-refractivity contribution in [3.05, 3.63) is 28.5 Å². The first-order valence-electron chi connectivity index (χ1n) is 3.32. The van der Waals surface area contributed by atoms with E-state index in [1.807, 2.05) is 6.92 Å². The SMILES string of the molecule is CCc1cc(F)c(O)c(Cl)c1. The standard InChI is InChI=1S/C8H8ClFO/c1-2-5-3-6(9)8(11)7(10)4-5/h3-4,11H,2H2,1H3. The number of hydrogen-bond donors (Lipinski definition) is 1. The number of aromatic hydroxyl groups is 1. The highest BCUT2D eigenvalue weighted by Gasteiger charge is 2.06. The minimum absolute atomic E-state index is 0.0712. The smallest absolute Gasteiger partial charge is 0.170 e. The summed E-state index contributed by atoms with van der Waals surface area (Å²) in [6, 6.07) is 2.83. The van der Waals surface area contributed by atoms with E-state index in [0.29, 0.717) is 6.42 Å². The van der Waals surface area contributed by atoms with Crippen molar-refractivity contribution >= 4 is 11.6 Å². The molecule has 11 heavy (non-hydrogen) atoms. The summed E-state index contributed by atoms with van der Waals surface area (Å²) in [5.41, 5.74) is 0.783. The quantitative estimate of drug-likeness (QED) is 0.694. The molecule has 1 aromatic carbocycles. The van der Waals surface area contributed by atoms with Gasteiger partial charge in [-0.3, -0.25) is 0 Å². The van der Waals surface area contributed by atoms with E-state index in [0.717, 1.165) is 5.56 Å². The van der Waals surface area contributed by atoms with Crippen molar-refractivity contribution in [2.75, 3.05) is 0 Å². The number of hydrogen-bond acceptors (Lipinski definition) is 1. The molecule has 0 saturated carbocycles. The van der Waals surface area contributed by atoms with Gasteiger partial charge < -0.3 is 5.11 Å². The number of phenols is 1. The molecule has 1 nitrogen and oxygen atoms in total. The van der Waals surface area contributed by atoms with Gasteiger partial charge in [0.1, 0.15) is 0 Å². The Bertz CT molecular complexity index is 250. The van der Waals surface area contributed by atoms with Gasteiger partial charge in [-0.1, -0.05) is 18.5 Å². The molecule has 0 bridgehead atoms. The fourth-order valence-corrected chi connectivity index (χ4v) is 1.05. The van der Waals surface area contributed by atoms with Crippen molar-refractivity contribution in [2.45, 2.75) is 13.3 Å². The summed E-state index contributed by atoms with van der Waals surface area (Å²) in [5.74, 6) is -1.13. The lowest BCUT2D eigenvalue weighted by Crippen LogP contribution is -1.84. The minimum atomic E-state index is -0.658. The van der Waals surface area contributed by atoms with Gasteiger partial charge in [-0.05, 0) is 24.1 Å². The van der Waals surface area contributed by atoms with Crippen LogP contribution in [-0.2, 0) is 6.42 Å². The van der Waals surface area contributed by atoms with Crippen LogP contribution in [0.1, 0.15) is 12.5 Å². The molecule has 0 aliphatic heterocycles. The first kappa shape index (κ1) is 8.34. The zero-order chi connectivity index (χ0) is 8.43. The fourth-order valence-electron chi connectivity index (χ4n) is 0.822. The topological polar surface area (TPSA) is 20.2 Å². The lowest BCUT2D eigenvalue weighted by Gasteiger charge is -2.01. The van der Waals surface area contributed by atoms with Gasteiger partial charge in [0.2, 0.25) is 0 Å². The Morgan fingerprint density at radius 3 is 2.64 bits per heavy atom. The maximum atomic E-state index is 12.7. The first-order valence-corrected chi connectivity index (χ1v) is 3.69. The predicted octanol–water partition coefficient (Wildman–Crippen LogP) is 2.75. The molecular weight excluding hydrogens is 167 g/mol. The van der Waals surface area contributed by atoms with E-state index in [-0.39, 0.29) is 5.02 Å². The Hall–Kier alpha value is -0.760. The monoisotopic (exact) mass is 174 g/mol. The van der Waals surface area contributed by atoms with Crippen LogP contribution in [0.15, 0.2) is 12.1 Å². The van der Waals surface area contributed by atoms with Gasteiger partial charge in [-0.2, -0.15) is 0 Å². The van der Waals surface area contributed by atoms with Crippen LogP contribution in [0.2, 0.25) is 5.02 Å². The van der Waals surface area contributed by atoms with Crippen molar-refractivity contribution in [1.82, 2.24) is 0 Å². The van der Waals surface area contributed by atoms with Crippen molar-refractivity contribution in [3.8, 4) is 5.75 Å². The molecule has 0 amide bonds. The van der Waals surface area contributed by atoms with E-state index < -0.39 is 11.6 Å². The Kier molecular flexibility index (Phi) is 2.35. The lowest BCUT2D eigenvalue weighted by molar-refractivity contribution is 0.432. The average Bonchev–Trinajstić information content (AvgIpc) is 1.99. The molecule has 0 aliphatic carbocycles. The van der Waals surface area contributed by atoms with Gasteiger partial charge in [-0.15, -0.1) is 0 Å². The highest BCUT2D eigenvalue weighted by molar-refractivity contribution is 6.32. The molecule has 0 atom stereocenters. The highest BCUT2D eigenvalue weighted by atomic mass is 35.5. The van der Waals surface area contributed by atoms with Gasteiger partial charge in [0.05, 0.1) is 5.02 Å². The summed E-state index contributed by atoms with van der Waals surface area (Å²) in [7, 11) is 0. The van der Waals surface area contributed by atoms with Crippen LogP contribution in [0.5, 0.6) is 5.75 Å². The summed E-state index contributed by atoms with van der Waals surface area (Å²) < 4.78 is 12.7.